The van der Waals surface area contributed by atoms with Crippen molar-refractivity contribution in [1.82, 2.24) is 19.5 Å². The lowest BCUT2D eigenvalue weighted by molar-refractivity contribution is 0.666. The first kappa shape index (κ1) is 35.2. The topological polar surface area (TPSA) is 69.9 Å². The van der Waals surface area contributed by atoms with E-state index >= 15 is 0 Å². The van der Waals surface area contributed by atoms with E-state index in [-0.39, 0.29) is 0 Å². The highest BCUT2D eigenvalue weighted by molar-refractivity contribution is 6.13. The van der Waals surface area contributed by atoms with Crippen LogP contribution in [0.4, 0.5) is 0 Å². The SMILES string of the molecule is c1ccc(-c2cccc(-c3ccc4oc5cc(-c6nc(-c7ccccc7)nc(-c7ccc8c(c7)oc7c(-n9c%10ccccc%10c%10ccccc%109)cccc78)n6)ccc5c4c3)c2)cc1. The molecule has 0 atom stereocenters. The zero-order chi connectivity index (χ0) is 41.4. The number of rotatable bonds is 6. The lowest BCUT2D eigenvalue weighted by Gasteiger charge is -2.08. The van der Waals surface area contributed by atoms with E-state index in [1.807, 2.05) is 42.5 Å². The van der Waals surface area contributed by atoms with Crippen molar-refractivity contribution >= 4 is 65.7 Å². The molecule has 294 valence electrons. The van der Waals surface area contributed by atoms with Gasteiger partial charge in [-0.15, -0.1) is 0 Å². The quantitative estimate of drug-likeness (QED) is 0.167. The minimum atomic E-state index is 0.552. The van der Waals surface area contributed by atoms with E-state index in [0.29, 0.717) is 17.5 Å². The molecule has 63 heavy (non-hydrogen) atoms. The normalized spacial score (nSPS) is 11.8. The van der Waals surface area contributed by atoms with Crippen molar-refractivity contribution in [3.8, 4) is 62.1 Å². The lowest BCUT2D eigenvalue weighted by Crippen LogP contribution is -2.00. The van der Waals surface area contributed by atoms with Crippen LogP contribution in [0.2, 0.25) is 0 Å². The number of fused-ring (bicyclic) bond motifs is 9. The zero-order valence-electron chi connectivity index (χ0n) is 33.7. The fourth-order valence-corrected chi connectivity index (χ4v) is 9.24. The van der Waals surface area contributed by atoms with Gasteiger partial charge in [0.2, 0.25) is 0 Å². The van der Waals surface area contributed by atoms with Crippen LogP contribution in [0, 0.1) is 0 Å². The summed E-state index contributed by atoms with van der Waals surface area (Å²) in [5.74, 6) is 1.69. The molecule has 13 aromatic rings. The van der Waals surface area contributed by atoms with E-state index in [1.54, 1.807) is 0 Å². The molecule has 0 saturated heterocycles. The molecule has 9 aromatic carbocycles. The third-order valence-electron chi connectivity index (χ3n) is 12.3. The molecule has 13 rings (SSSR count). The molecule has 0 amide bonds. The van der Waals surface area contributed by atoms with Crippen LogP contribution in [0.25, 0.3) is 128 Å². The molecule has 0 saturated carbocycles. The highest BCUT2D eigenvalue weighted by Gasteiger charge is 2.20. The number of aromatic nitrogens is 4. The van der Waals surface area contributed by atoms with Crippen molar-refractivity contribution in [2.75, 3.05) is 0 Å². The second-order valence-corrected chi connectivity index (χ2v) is 16.0. The minimum absolute atomic E-state index is 0.552. The summed E-state index contributed by atoms with van der Waals surface area (Å²) in [7, 11) is 0. The Balaban J connectivity index is 0.916. The van der Waals surface area contributed by atoms with Gasteiger partial charge < -0.3 is 13.4 Å². The number of nitrogens with zero attached hydrogens (tertiary/aromatic N) is 4. The predicted molar refractivity (Wildman–Crippen MR) is 256 cm³/mol. The molecule has 0 N–H and O–H groups in total. The van der Waals surface area contributed by atoms with E-state index in [2.05, 4.69) is 168 Å². The van der Waals surface area contributed by atoms with Gasteiger partial charge in [0.25, 0.3) is 0 Å². The molecule has 4 aromatic heterocycles. The van der Waals surface area contributed by atoms with Crippen molar-refractivity contribution in [3.05, 3.63) is 206 Å². The van der Waals surface area contributed by atoms with Gasteiger partial charge in [-0.3, -0.25) is 0 Å². The van der Waals surface area contributed by atoms with E-state index < -0.39 is 0 Å². The van der Waals surface area contributed by atoms with Gasteiger partial charge in [0.1, 0.15) is 16.7 Å². The summed E-state index contributed by atoms with van der Waals surface area (Å²) in [6.07, 6.45) is 0. The van der Waals surface area contributed by atoms with Gasteiger partial charge in [0.15, 0.2) is 23.1 Å². The van der Waals surface area contributed by atoms with Gasteiger partial charge >= 0.3 is 0 Å². The smallest absolute Gasteiger partial charge is 0.164 e. The third-order valence-corrected chi connectivity index (χ3v) is 12.3. The van der Waals surface area contributed by atoms with Crippen LogP contribution in [-0.2, 0) is 0 Å². The highest BCUT2D eigenvalue weighted by Crippen LogP contribution is 2.40. The second-order valence-electron chi connectivity index (χ2n) is 16.0. The van der Waals surface area contributed by atoms with Crippen LogP contribution in [0.1, 0.15) is 0 Å². The fourth-order valence-electron chi connectivity index (χ4n) is 9.24. The van der Waals surface area contributed by atoms with Crippen molar-refractivity contribution in [3.63, 3.8) is 0 Å². The van der Waals surface area contributed by atoms with Crippen molar-refractivity contribution in [1.29, 1.82) is 0 Å². The summed E-state index contributed by atoms with van der Waals surface area (Å²) in [4.78, 5) is 15.2. The Labute approximate surface area is 361 Å². The molecule has 4 heterocycles. The molecule has 0 unspecified atom stereocenters. The number of para-hydroxylation sites is 3. The van der Waals surface area contributed by atoms with E-state index in [9.17, 15) is 0 Å². The first-order valence-electron chi connectivity index (χ1n) is 21.1. The molecular weight excluding hydrogens is 773 g/mol. The maximum atomic E-state index is 6.83. The lowest BCUT2D eigenvalue weighted by atomic mass is 9.98. The standard InChI is InChI=1S/C57H34N4O2/c1-3-13-35(14-4-1)37-17-11-18-38(31-37)39-27-30-51-47(32-39)45-29-26-40(33-52(45)62-51)56-58-55(36-15-5-2-6-16-36)59-57(60-56)41-25-28-44-46-21-12-24-50(54(46)63-53(44)34-41)61-48-22-9-7-19-42(48)43-20-8-10-23-49(43)61/h1-34H. The van der Waals surface area contributed by atoms with Crippen LogP contribution in [-0.4, -0.2) is 19.5 Å². The first-order chi connectivity index (χ1) is 31.2. The monoisotopic (exact) mass is 806 g/mol. The molecule has 6 nitrogen and oxygen atoms in total. The zero-order valence-corrected chi connectivity index (χ0v) is 33.7. The Kier molecular flexibility index (Phi) is 7.80. The third kappa shape index (κ3) is 5.76. The minimum Gasteiger partial charge on any atom is -0.456 e. The molecule has 6 heteroatoms. The van der Waals surface area contributed by atoms with Crippen LogP contribution >= 0.6 is 0 Å². The van der Waals surface area contributed by atoms with Crippen molar-refractivity contribution in [2.24, 2.45) is 0 Å². The van der Waals surface area contributed by atoms with Crippen molar-refractivity contribution < 1.29 is 8.83 Å². The predicted octanol–water partition coefficient (Wildman–Crippen LogP) is 15.1. The Morgan fingerprint density at radius 3 is 1.46 bits per heavy atom. The highest BCUT2D eigenvalue weighted by atomic mass is 16.3. The van der Waals surface area contributed by atoms with E-state index in [0.717, 1.165) is 88.4 Å². The van der Waals surface area contributed by atoms with Crippen molar-refractivity contribution in [2.45, 2.75) is 0 Å². The van der Waals surface area contributed by atoms with Crippen LogP contribution in [0.5, 0.6) is 0 Å². The van der Waals surface area contributed by atoms with Gasteiger partial charge in [0.05, 0.1) is 16.7 Å². The fraction of sp³-hybridized carbons (Fsp3) is 0. The Bertz CT molecular complexity index is 3870. The molecule has 0 radical (unpaired) electrons. The molecule has 0 spiro atoms. The summed E-state index contributed by atoms with van der Waals surface area (Å²) < 4.78 is 15.6. The number of furan rings is 2. The first-order valence-corrected chi connectivity index (χ1v) is 21.1. The summed E-state index contributed by atoms with van der Waals surface area (Å²) >= 11 is 0. The maximum Gasteiger partial charge on any atom is 0.164 e. The molecule has 0 aliphatic carbocycles. The number of benzene rings is 9. The summed E-state index contributed by atoms with van der Waals surface area (Å²) in [6, 6.07) is 71.6. The second kappa shape index (κ2) is 14.0. The Morgan fingerprint density at radius 1 is 0.286 bits per heavy atom. The summed E-state index contributed by atoms with van der Waals surface area (Å²) in [6.45, 7) is 0. The Hall–Kier alpha value is -8.61. The average Bonchev–Trinajstić information content (AvgIpc) is 4.03. The number of hydrogen-bond acceptors (Lipinski definition) is 5. The number of hydrogen-bond donors (Lipinski definition) is 0. The van der Waals surface area contributed by atoms with Crippen LogP contribution < -0.4 is 0 Å². The molecule has 0 aliphatic heterocycles. The van der Waals surface area contributed by atoms with Crippen LogP contribution in [0.3, 0.4) is 0 Å². The van der Waals surface area contributed by atoms with Gasteiger partial charge in [0, 0.05) is 49.0 Å². The van der Waals surface area contributed by atoms with E-state index in [1.165, 1.54) is 21.9 Å². The maximum absolute atomic E-state index is 6.83. The Morgan fingerprint density at radius 2 is 0.778 bits per heavy atom. The molecule has 0 aliphatic rings. The van der Waals surface area contributed by atoms with Gasteiger partial charge in [-0.05, 0) is 82.9 Å². The van der Waals surface area contributed by atoms with Gasteiger partial charge in [-0.25, -0.2) is 15.0 Å². The summed E-state index contributed by atoms with van der Waals surface area (Å²) in [5, 5.41) is 6.57. The van der Waals surface area contributed by atoms with Crippen LogP contribution in [0.15, 0.2) is 215 Å². The molecule has 0 fully saturated rings. The molecule has 0 bridgehead atoms. The van der Waals surface area contributed by atoms with Gasteiger partial charge in [-0.2, -0.15) is 0 Å². The molecular formula is C57H34N4O2. The van der Waals surface area contributed by atoms with Gasteiger partial charge in [-0.1, -0.05) is 146 Å². The summed E-state index contributed by atoms with van der Waals surface area (Å²) in [5.41, 5.74) is 13.7. The average molecular weight is 807 g/mol. The van der Waals surface area contributed by atoms with E-state index in [4.69, 9.17) is 23.8 Å². The largest absolute Gasteiger partial charge is 0.456 e.